The Morgan fingerprint density at radius 1 is 0.969 bits per heavy atom. The second-order valence-electron chi connectivity index (χ2n) is 8.28. The largest absolute Gasteiger partial charge is 0.482 e. The van der Waals surface area contributed by atoms with Gasteiger partial charge in [0.05, 0.1) is 12.2 Å². The number of benzene rings is 2. The first kappa shape index (κ1) is 20.4. The molecule has 8 nitrogen and oxygen atoms in total. The van der Waals surface area contributed by atoms with Gasteiger partial charge in [0.1, 0.15) is 18.4 Å². The van der Waals surface area contributed by atoms with Crippen LogP contribution in [-0.4, -0.2) is 66.5 Å². The third-order valence-electron chi connectivity index (χ3n) is 6.37. The predicted molar refractivity (Wildman–Crippen MR) is 116 cm³/mol. The molecule has 1 atom stereocenters. The van der Waals surface area contributed by atoms with Crippen molar-refractivity contribution in [2.45, 2.75) is 25.0 Å². The number of para-hydroxylation sites is 2. The van der Waals surface area contributed by atoms with E-state index in [1.165, 1.54) is 4.90 Å². The fourth-order valence-electron chi connectivity index (χ4n) is 4.61. The fraction of sp³-hybridized carbons (Fsp3) is 0.375. The molecule has 0 aliphatic carbocycles. The maximum atomic E-state index is 12.9. The van der Waals surface area contributed by atoms with Gasteiger partial charge in [0.15, 0.2) is 6.61 Å². The summed E-state index contributed by atoms with van der Waals surface area (Å²) >= 11 is 0. The Balaban J connectivity index is 1.18. The highest BCUT2D eigenvalue weighted by atomic mass is 16.6. The van der Waals surface area contributed by atoms with Crippen LogP contribution in [0.4, 0.5) is 10.5 Å². The lowest BCUT2D eigenvalue weighted by Gasteiger charge is -2.37. The standard InChI is InChI=1S/C24H25N3O5/c28-22(15-27-19-8-4-5-9-20(19)31-16-23(27)29)25-12-10-18(11-13-25)26-14-21(32-24(26)30)17-6-2-1-3-7-17/h1-9,18,21H,10-16H2. The van der Waals surface area contributed by atoms with Gasteiger partial charge in [-0.2, -0.15) is 0 Å². The lowest BCUT2D eigenvalue weighted by atomic mass is 10.0. The summed E-state index contributed by atoms with van der Waals surface area (Å²) in [5.41, 5.74) is 1.62. The van der Waals surface area contributed by atoms with Crippen LogP contribution in [0.2, 0.25) is 0 Å². The zero-order valence-electron chi connectivity index (χ0n) is 17.7. The Morgan fingerprint density at radius 3 is 2.47 bits per heavy atom. The van der Waals surface area contributed by atoms with E-state index in [1.807, 2.05) is 42.5 Å². The summed E-state index contributed by atoms with van der Waals surface area (Å²) in [5.74, 6) is 0.289. The number of fused-ring (bicyclic) bond motifs is 1. The molecular formula is C24H25N3O5. The maximum Gasteiger partial charge on any atom is 0.410 e. The van der Waals surface area contributed by atoms with Crippen molar-refractivity contribution in [1.82, 2.24) is 9.80 Å². The van der Waals surface area contributed by atoms with Crippen LogP contribution in [0.1, 0.15) is 24.5 Å². The highest BCUT2D eigenvalue weighted by Crippen LogP contribution is 2.32. The molecular weight excluding hydrogens is 410 g/mol. The molecule has 8 heteroatoms. The normalized spacial score (nSPS) is 21.2. The molecule has 0 bridgehead atoms. The van der Waals surface area contributed by atoms with Gasteiger partial charge in [-0.1, -0.05) is 42.5 Å². The average molecular weight is 435 g/mol. The Hall–Kier alpha value is -3.55. The van der Waals surface area contributed by atoms with Crippen molar-refractivity contribution in [2.75, 3.05) is 37.7 Å². The molecule has 3 amide bonds. The second-order valence-corrected chi connectivity index (χ2v) is 8.28. The predicted octanol–water partition coefficient (Wildman–Crippen LogP) is 2.60. The third-order valence-corrected chi connectivity index (χ3v) is 6.37. The molecule has 0 saturated carbocycles. The summed E-state index contributed by atoms with van der Waals surface area (Å²) in [6.45, 7) is 1.55. The molecule has 1 unspecified atom stereocenters. The molecule has 32 heavy (non-hydrogen) atoms. The van der Waals surface area contributed by atoms with Gasteiger partial charge < -0.3 is 19.3 Å². The van der Waals surface area contributed by atoms with Crippen molar-refractivity contribution in [1.29, 1.82) is 0 Å². The first-order chi connectivity index (χ1) is 15.6. The first-order valence-electron chi connectivity index (χ1n) is 10.9. The van der Waals surface area contributed by atoms with Crippen LogP contribution in [0.25, 0.3) is 0 Å². The van der Waals surface area contributed by atoms with E-state index in [0.717, 1.165) is 5.56 Å². The molecule has 2 saturated heterocycles. The van der Waals surface area contributed by atoms with Crippen LogP contribution in [0, 0.1) is 0 Å². The maximum absolute atomic E-state index is 12.9. The molecule has 166 valence electrons. The van der Waals surface area contributed by atoms with Gasteiger partial charge in [0.25, 0.3) is 5.91 Å². The van der Waals surface area contributed by atoms with Crippen molar-refractivity contribution < 1.29 is 23.9 Å². The number of nitrogens with zero attached hydrogens (tertiary/aromatic N) is 3. The SMILES string of the molecule is O=C(CN1C(=O)COc2ccccc21)N1CCC(N2CC(c3ccccc3)OC2=O)CC1. The lowest BCUT2D eigenvalue weighted by molar-refractivity contribution is -0.133. The van der Waals surface area contributed by atoms with E-state index in [4.69, 9.17) is 9.47 Å². The quantitative estimate of drug-likeness (QED) is 0.738. The number of anilines is 1. The van der Waals surface area contributed by atoms with E-state index < -0.39 is 0 Å². The van der Waals surface area contributed by atoms with Crippen LogP contribution < -0.4 is 9.64 Å². The van der Waals surface area contributed by atoms with Gasteiger partial charge in [-0.15, -0.1) is 0 Å². The van der Waals surface area contributed by atoms with E-state index in [9.17, 15) is 14.4 Å². The van der Waals surface area contributed by atoms with E-state index in [-0.39, 0.29) is 43.2 Å². The molecule has 2 aromatic carbocycles. The van der Waals surface area contributed by atoms with Gasteiger partial charge in [-0.25, -0.2) is 4.79 Å². The highest BCUT2D eigenvalue weighted by molar-refractivity contribution is 6.02. The molecule has 2 fully saturated rings. The molecule has 5 rings (SSSR count). The molecule has 0 N–H and O–H groups in total. The fourth-order valence-corrected chi connectivity index (χ4v) is 4.61. The number of hydrogen-bond donors (Lipinski definition) is 0. The van der Waals surface area contributed by atoms with Gasteiger partial charge in [-0.05, 0) is 30.5 Å². The topological polar surface area (TPSA) is 79.4 Å². The highest BCUT2D eigenvalue weighted by Gasteiger charge is 2.39. The summed E-state index contributed by atoms with van der Waals surface area (Å²) in [6.07, 6.45) is 0.835. The summed E-state index contributed by atoms with van der Waals surface area (Å²) in [6, 6.07) is 17.0. The number of carbonyl (C=O) groups is 3. The van der Waals surface area contributed by atoms with Crippen molar-refractivity contribution >= 4 is 23.6 Å². The number of amides is 3. The Morgan fingerprint density at radius 2 is 1.69 bits per heavy atom. The van der Waals surface area contributed by atoms with E-state index in [0.29, 0.717) is 43.9 Å². The molecule has 0 radical (unpaired) electrons. The minimum atomic E-state index is -0.292. The molecule has 2 aromatic rings. The number of hydrogen-bond acceptors (Lipinski definition) is 5. The Kier molecular flexibility index (Phi) is 5.43. The number of ether oxygens (including phenoxy) is 2. The zero-order chi connectivity index (χ0) is 22.1. The first-order valence-corrected chi connectivity index (χ1v) is 10.9. The number of cyclic esters (lactones) is 1. The van der Waals surface area contributed by atoms with Crippen molar-refractivity contribution in [3.63, 3.8) is 0 Å². The minimum Gasteiger partial charge on any atom is -0.482 e. The summed E-state index contributed by atoms with van der Waals surface area (Å²) < 4.78 is 11.0. The summed E-state index contributed by atoms with van der Waals surface area (Å²) in [4.78, 5) is 42.8. The number of piperidine rings is 1. The summed E-state index contributed by atoms with van der Waals surface area (Å²) in [7, 11) is 0. The van der Waals surface area contributed by atoms with Crippen LogP contribution in [0.15, 0.2) is 54.6 Å². The van der Waals surface area contributed by atoms with Crippen LogP contribution in [0.5, 0.6) is 5.75 Å². The smallest absolute Gasteiger partial charge is 0.410 e. The monoisotopic (exact) mass is 435 g/mol. The number of carbonyl (C=O) groups excluding carboxylic acids is 3. The molecule has 3 aliphatic rings. The lowest BCUT2D eigenvalue weighted by Crippen LogP contribution is -2.51. The van der Waals surface area contributed by atoms with Crippen LogP contribution in [0.3, 0.4) is 0 Å². The molecule has 3 heterocycles. The molecule has 3 aliphatic heterocycles. The molecule has 0 spiro atoms. The molecule has 0 aromatic heterocycles. The number of likely N-dealkylation sites (tertiary alicyclic amines) is 1. The van der Waals surface area contributed by atoms with Crippen molar-refractivity contribution in [3.05, 3.63) is 60.2 Å². The van der Waals surface area contributed by atoms with E-state index >= 15 is 0 Å². The Labute approximate surface area is 186 Å². The van der Waals surface area contributed by atoms with Crippen LogP contribution >= 0.6 is 0 Å². The van der Waals surface area contributed by atoms with Gasteiger partial charge >= 0.3 is 6.09 Å². The second kappa shape index (κ2) is 8.53. The van der Waals surface area contributed by atoms with Crippen molar-refractivity contribution in [2.24, 2.45) is 0 Å². The summed E-state index contributed by atoms with van der Waals surface area (Å²) in [5, 5.41) is 0. The van der Waals surface area contributed by atoms with Crippen molar-refractivity contribution in [3.8, 4) is 5.75 Å². The van der Waals surface area contributed by atoms with Gasteiger partial charge in [0.2, 0.25) is 5.91 Å². The van der Waals surface area contributed by atoms with Gasteiger partial charge in [-0.3, -0.25) is 14.5 Å². The van der Waals surface area contributed by atoms with Gasteiger partial charge in [0, 0.05) is 19.1 Å². The third kappa shape index (κ3) is 3.88. The number of rotatable bonds is 4. The Bertz CT molecular complexity index is 1020. The van der Waals surface area contributed by atoms with E-state index in [1.54, 1.807) is 21.9 Å². The van der Waals surface area contributed by atoms with E-state index in [2.05, 4.69) is 0 Å². The minimum absolute atomic E-state index is 0.00822. The zero-order valence-corrected chi connectivity index (χ0v) is 17.7. The average Bonchev–Trinajstić information content (AvgIpc) is 3.23. The van der Waals surface area contributed by atoms with Crippen LogP contribution in [-0.2, 0) is 14.3 Å².